The van der Waals surface area contributed by atoms with Crippen LogP contribution >= 0.6 is 0 Å². The monoisotopic (exact) mass is 249 g/mol. The standard InChI is InChI=1S/C15H27N3/c1-4-7-8-13(6-3)15(18-9-5-2)14-10-16-12-17-11-14/h10-13,15,18H,4-9H2,1-3H3. The predicted molar refractivity (Wildman–Crippen MR) is 76.4 cm³/mol. The number of rotatable bonds is 9. The van der Waals surface area contributed by atoms with Crippen LogP contribution in [-0.2, 0) is 0 Å². The van der Waals surface area contributed by atoms with E-state index in [9.17, 15) is 0 Å². The van der Waals surface area contributed by atoms with Gasteiger partial charge in [-0.05, 0) is 25.3 Å². The second kappa shape index (κ2) is 9.03. The van der Waals surface area contributed by atoms with Gasteiger partial charge in [0.05, 0.1) is 0 Å². The summed E-state index contributed by atoms with van der Waals surface area (Å²) in [4.78, 5) is 8.32. The minimum atomic E-state index is 0.405. The van der Waals surface area contributed by atoms with Crippen molar-refractivity contribution >= 4 is 0 Å². The van der Waals surface area contributed by atoms with E-state index in [4.69, 9.17) is 0 Å². The maximum absolute atomic E-state index is 4.16. The van der Waals surface area contributed by atoms with Crippen LogP contribution in [0, 0.1) is 5.92 Å². The lowest BCUT2D eigenvalue weighted by Gasteiger charge is -2.27. The molecule has 0 aliphatic rings. The third-order valence-corrected chi connectivity index (χ3v) is 3.48. The van der Waals surface area contributed by atoms with Gasteiger partial charge in [0.15, 0.2) is 0 Å². The Hall–Kier alpha value is -0.960. The molecule has 0 aromatic carbocycles. The molecule has 3 heteroatoms. The molecule has 3 nitrogen and oxygen atoms in total. The molecule has 0 saturated heterocycles. The Morgan fingerprint density at radius 2 is 1.83 bits per heavy atom. The lowest BCUT2D eigenvalue weighted by Crippen LogP contribution is -2.29. The van der Waals surface area contributed by atoms with Crippen molar-refractivity contribution in [2.75, 3.05) is 6.54 Å². The molecule has 1 rings (SSSR count). The maximum Gasteiger partial charge on any atom is 0.115 e. The quantitative estimate of drug-likeness (QED) is 0.724. The molecule has 0 radical (unpaired) electrons. The number of aromatic nitrogens is 2. The topological polar surface area (TPSA) is 37.8 Å². The smallest absolute Gasteiger partial charge is 0.115 e. The van der Waals surface area contributed by atoms with Gasteiger partial charge in [-0.15, -0.1) is 0 Å². The molecule has 1 heterocycles. The molecule has 2 atom stereocenters. The predicted octanol–water partition coefficient (Wildman–Crippen LogP) is 3.73. The Labute approximate surface area is 111 Å². The van der Waals surface area contributed by atoms with Crippen molar-refractivity contribution < 1.29 is 0 Å². The molecule has 0 bridgehead atoms. The lowest BCUT2D eigenvalue weighted by atomic mass is 9.88. The molecule has 0 amide bonds. The Kier molecular flexibility index (Phi) is 7.58. The highest BCUT2D eigenvalue weighted by molar-refractivity contribution is 5.10. The summed E-state index contributed by atoms with van der Waals surface area (Å²) in [7, 11) is 0. The molecule has 1 aromatic heterocycles. The fourth-order valence-electron chi connectivity index (χ4n) is 2.40. The summed E-state index contributed by atoms with van der Waals surface area (Å²) in [5.41, 5.74) is 1.23. The van der Waals surface area contributed by atoms with Gasteiger partial charge in [-0.2, -0.15) is 0 Å². The maximum atomic E-state index is 4.16. The third kappa shape index (κ3) is 4.73. The van der Waals surface area contributed by atoms with Crippen LogP contribution < -0.4 is 5.32 Å². The van der Waals surface area contributed by atoms with Gasteiger partial charge in [0, 0.05) is 24.0 Å². The average molecular weight is 249 g/mol. The van der Waals surface area contributed by atoms with Crippen LogP contribution in [0.3, 0.4) is 0 Å². The van der Waals surface area contributed by atoms with Gasteiger partial charge in [-0.1, -0.05) is 40.0 Å². The summed E-state index contributed by atoms with van der Waals surface area (Å²) in [5.74, 6) is 0.683. The number of hydrogen-bond donors (Lipinski definition) is 1. The van der Waals surface area contributed by atoms with Crippen LogP contribution in [0.15, 0.2) is 18.7 Å². The minimum Gasteiger partial charge on any atom is -0.310 e. The third-order valence-electron chi connectivity index (χ3n) is 3.48. The fraction of sp³-hybridized carbons (Fsp3) is 0.733. The largest absolute Gasteiger partial charge is 0.310 e. The summed E-state index contributed by atoms with van der Waals surface area (Å²) >= 11 is 0. The molecular formula is C15H27N3. The number of nitrogens with one attached hydrogen (secondary N) is 1. The van der Waals surface area contributed by atoms with Gasteiger partial charge >= 0.3 is 0 Å². The molecule has 1 aromatic rings. The van der Waals surface area contributed by atoms with Crippen molar-refractivity contribution in [3.05, 3.63) is 24.3 Å². The van der Waals surface area contributed by atoms with Crippen LogP contribution in [0.4, 0.5) is 0 Å². The van der Waals surface area contributed by atoms with Crippen molar-refractivity contribution in [3.8, 4) is 0 Å². The summed E-state index contributed by atoms with van der Waals surface area (Å²) in [6.07, 6.45) is 11.7. The van der Waals surface area contributed by atoms with E-state index < -0.39 is 0 Å². The first-order valence-corrected chi connectivity index (χ1v) is 7.31. The van der Waals surface area contributed by atoms with Crippen LogP contribution in [0.5, 0.6) is 0 Å². The van der Waals surface area contributed by atoms with E-state index >= 15 is 0 Å². The van der Waals surface area contributed by atoms with Crippen molar-refractivity contribution in [2.45, 2.75) is 58.9 Å². The van der Waals surface area contributed by atoms with Crippen molar-refractivity contribution in [1.29, 1.82) is 0 Å². The second-order valence-electron chi connectivity index (χ2n) is 4.91. The SMILES string of the molecule is CCCCC(CC)C(NCCC)c1cncnc1. The number of hydrogen-bond acceptors (Lipinski definition) is 3. The normalized spacial score (nSPS) is 14.4. The van der Waals surface area contributed by atoms with Crippen molar-refractivity contribution in [1.82, 2.24) is 15.3 Å². The zero-order chi connectivity index (χ0) is 13.2. The van der Waals surface area contributed by atoms with E-state index in [1.165, 1.54) is 31.2 Å². The summed E-state index contributed by atoms with van der Waals surface area (Å²) in [5, 5.41) is 3.67. The fourth-order valence-corrected chi connectivity index (χ4v) is 2.40. The van der Waals surface area contributed by atoms with Gasteiger partial charge in [-0.25, -0.2) is 9.97 Å². The molecule has 2 unspecified atom stereocenters. The molecule has 102 valence electrons. The highest BCUT2D eigenvalue weighted by Crippen LogP contribution is 2.28. The molecule has 0 saturated carbocycles. The van der Waals surface area contributed by atoms with Crippen molar-refractivity contribution in [2.24, 2.45) is 5.92 Å². The Morgan fingerprint density at radius 1 is 1.11 bits per heavy atom. The molecule has 0 spiro atoms. The van der Waals surface area contributed by atoms with Gasteiger partial charge in [0.25, 0.3) is 0 Å². The van der Waals surface area contributed by atoms with Gasteiger partial charge in [0.2, 0.25) is 0 Å². The molecule has 0 aliphatic heterocycles. The van der Waals surface area contributed by atoms with Crippen LogP contribution in [0.25, 0.3) is 0 Å². The Bertz CT molecular complexity index is 300. The van der Waals surface area contributed by atoms with Crippen LogP contribution in [0.2, 0.25) is 0 Å². The van der Waals surface area contributed by atoms with Gasteiger partial charge in [0.1, 0.15) is 6.33 Å². The van der Waals surface area contributed by atoms with E-state index in [0.29, 0.717) is 12.0 Å². The van der Waals surface area contributed by atoms with E-state index in [1.807, 2.05) is 12.4 Å². The van der Waals surface area contributed by atoms with Crippen LogP contribution in [-0.4, -0.2) is 16.5 Å². The average Bonchev–Trinajstić information content (AvgIpc) is 2.43. The summed E-state index contributed by atoms with van der Waals surface area (Å²) in [6.45, 7) is 7.80. The summed E-state index contributed by atoms with van der Waals surface area (Å²) in [6, 6.07) is 0.405. The molecule has 1 N–H and O–H groups in total. The van der Waals surface area contributed by atoms with Crippen molar-refractivity contribution in [3.63, 3.8) is 0 Å². The minimum absolute atomic E-state index is 0.405. The molecule has 0 fully saturated rings. The van der Waals surface area contributed by atoms with Gasteiger partial charge < -0.3 is 5.32 Å². The zero-order valence-corrected chi connectivity index (χ0v) is 12.0. The highest BCUT2D eigenvalue weighted by atomic mass is 14.9. The molecule has 18 heavy (non-hydrogen) atoms. The first kappa shape index (κ1) is 15.1. The highest BCUT2D eigenvalue weighted by Gasteiger charge is 2.21. The first-order chi connectivity index (χ1) is 8.83. The first-order valence-electron chi connectivity index (χ1n) is 7.31. The van der Waals surface area contributed by atoms with E-state index in [0.717, 1.165) is 13.0 Å². The van der Waals surface area contributed by atoms with E-state index in [2.05, 4.69) is 36.1 Å². The number of unbranched alkanes of at least 4 members (excludes halogenated alkanes) is 1. The summed E-state index contributed by atoms with van der Waals surface area (Å²) < 4.78 is 0. The van der Waals surface area contributed by atoms with E-state index in [1.54, 1.807) is 6.33 Å². The zero-order valence-electron chi connectivity index (χ0n) is 12.0. The van der Waals surface area contributed by atoms with Crippen LogP contribution in [0.1, 0.15) is 64.5 Å². The van der Waals surface area contributed by atoms with Gasteiger partial charge in [-0.3, -0.25) is 0 Å². The van der Waals surface area contributed by atoms with E-state index in [-0.39, 0.29) is 0 Å². The molecular weight excluding hydrogens is 222 g/mol. The molecule has 0 aliphatic carbocycles. The Morgan fingerprint density at radius 3 is 2.39 bits per heavy atom. The number of nitrogens with zero attached hydrogens (tertiary/aromatic N) is 2. The second-order valence-corrected chi connectivity index (χ2v) is 4.91. The lowest BCUT2D eigenvalue weighted by molar-refractivity contribution is 0.322. The Balaban J connectivity index is 2.75.